The smallest absolute Gasteiger partial charge is 0.255 e. The van der Waals surface area contributed by atoms with Crippen LogP contribution in [-0.2, 0) is 4.79 Å². The Bertz CT molecular complexity index is 387. The number of hydrogen-bond donors (Lipinski definition) is 2. The molecule has 0 heterocycles. The average molecular weight is 323 g/mol. The van der Waals surface area contributed by atoms with Gasteiger partial charge in [-0.15, -0.1) is 0 Å². The molecule has 0 saturated carbocycles. The maximum absolute atomic E-state index is 12.8. The van der Waals surface area contributed by atoms with Crippen molar-refractivity contribution in [1.82, 2.24) is 0 Å². The number of carbonyl (C=O) groups excluding carboxylic acids is 1. The number of benzene rings is 1. The lowest BCUT2D eigenvalue weighted by Gasteiger charge is -2.17. The first-order chi connectivity index (χ1) is 6.80. The van der Waals surface area contributed by atoms with Crippen molar-refractivity contribution >= 4 is 34.2 Å². The first kappa shape index (κ1) is 12.4. The van der Waals surface area contributed by atoms with E-state index in [1.54, 1.807) is 0 Å². The first-order valence-corrected chi connectivity index (χ1v) is 5.37. The van der Waals surface area contributed by atoms with E-state index < -0.39 is 11.5 Å². The highest BCUT2D eigenvalue weighted by Gasteiger charge is 2.24. The second-order valence-corrected chi connectivity index (χ2v) is 4.80. The lowest BCUT2D eigenvalue weighted by Crippen LogP contribution is -2.36. The van der Waals surface area contributed by atoms with Crippen LogP contribution in [-0.4, -0.2) is 16.6 Å². The number of rotatable bonds is 2. The van der Waals surface area contributed by atoms with Gasteiger partial charge in [-0.05, 0) is 54.6 Å². The molecule has 0 atom stereocenters. The minimum Gasteiger partial charge on any atom is -0.381 e. The highest BCUT2D eigenvalue weighted by Crippen LogP contribution is 2.20. The number of carbonyl (C=O) groups is 1. The van der Waals surface area contributed by atoms with Gasteiger partial charge in [-0.2, -0.15) is 0 Å². The van der Waals surface area contributed by atoms with Crippen molar-refractivity contribution in [1.29, 1.82) is 0 Å². The van der Waals surface area contributed by atoms with Crippen LogP contribution in [0.25, 0.3) is 0 Å². The number of amides is 1. The largest absolute Gasteiger partial charge is 0.381 e. The third-order valence-electron chi connectivity index (χ3n) is 1.74. The van der Waals surface area contributed by atoms with Gasteiger partial charge in [0.2, 0.25) is 0 Å². The minimum absolute atomic E-state index is 0.361. The van der Waals surface area contributed by atoms with Crippen molar-refractivity contribution in [3.63, 3.8) is 0 Å². The van der Waals surface area contributed by atoms with Crippen molar-refractivity contribution in [2.75, 3.05) is 5.32 Å². The van der Waals surface area contributed by atoms with Crippen LogP contribution in [0.3, 0.4) is 0 Å². The van der Waals surface area contributed by atoms with Crippen LogP contribution in [0.2, 0.25) is 0 Å². The molecule has 0 saturated heterocycles. The third kappa shape index (κ3) is 3.42. The molecule has 0 aliphatic rings. The Morgan fingerprint density at radius 1 is 1.53 bits per heavy atom. The second-order valence-electron chi connectivity index (χ2n) is 3.64. The predicted molar refractivity (Wildman–Crippen MR) is 64.0 cm³/mol. The monoisotopic (exact) mass is 323 g/mol. The number of anilines is 1. The van der Waals surface area contributed by atoms with Crippen LogP contribution < -0.4 is 5.32 Å². The zero-order chi connectivity index (χ0) is 11.6. The molecule has 82 valence electrons. The van der Waals surface area contributed by atoms with E-state index in [1.807, 2.05) is 22.6 Å². The Morgan fingerprint density at radius 2 is 2.13 bits per heavy atom. The molecule has 0 aliphatic heterocycles. The number of hydrogen-bond acceptors (Lipinski definition) is 2. The maximum Gasteiger partial charge on any atom is 0.255 e. The standard InChI is InChI=1S/C10H11FINO2/c1-10(2,15)9(14)13-8-4-3-6(11)5-7(8)12/h3-5,15H,1-2H3,(H,13,14). The lowest BCUT2D eigenvalue weighted by atomic mass is 10.1. The molecule has 3 nitrogen and oxygen atoms in total. The fourth-order valence-corrected chi connectivity index (χ4v) is 1.48. The molecule has 0 aromatic heterocycles. The van der Waals surface area contributed by atoms with Gasteiger partial charge in [-0.25, -0.2) is 4.39 Å². The summed E-state index contributed by atoms with van der Waals surface area (Å²) in [5.74, 6) is -0.882. The Kier molecular flexibility index (Phi) is 3.67. The van der Waals surface area contributed by atoms with E-state index in [0.717, 1.165) is 0 Å². The summed E-state index contributed by atoms with van der Waals surface area (Å²) in [5.41, 5.74) is -0.957. The fourth-order valence-electron chi connectivity index (χ4n) is 0.866. The zero-order valence-electron chi connectivity index (χ0n) is 8.34. The molecule has 0 spiro atoms. The van der Waals surface area contributed by atoms with Crippen LogP contribution in [0.1, 0.15) is 13.8 Å². The molecular weight excluding hydrogens is 312 g/mol. The summed E-state index contributed by atoms with van der Waals surface area (Å²) >= 11 is 1.91. The van der Waals surface area contributed by atoms with Crippen molar-refractivity contribution in [2.45, 2.75) is 19.4 Å². The highest BCUT2D eigenvalue weighted by atomic mass is 127. The summed E-state index contributed by atoms with van der Waals surface area (Å²) in [6.07, 6.45) is 0. The highest BCUT2D eigenvalue weighted by molar-refractivity contribution is 14.1. The van der Waals surface area contributed by atoms with Crippen LogP contribution in [0.5, 0.6) is 0 Å². The molecule has 1 rings (SSSR count). The van der Waals surface area contributed by atoms with Crippen molar-refractivity contribution in [3.05, 3.63) is 27.6 Å². The van der Waals surface area contributed by atoms with Gasteiger partial charge in [0.05, 0.1) is 5.69 Å². The molecule has 5 heteroatoms. The predicted octanol–water partition coefficient (Wildman–Crippen LogP) is 2.14. The van der Waals surface area contributed by atoms with Crippen molar-refractivity contribution in [2.24, 2.45) is 0 Å². The molecule has 0 radical (unpaired) electrons. The van der Waals surface area contributed by atoms with Crippen LogP contribution in [0.15, 0.2) is 18.2 Å². The van der Waals surface area contributed by atoms with Crippen molar-refractivity contribution < 1.29 is 14.3 Å². The van der Waals surface area contributed by atoms with E-state index in [1.165, 1.54) is 32.0 Å². The van der Waals surface area contributed by atoms with Crippen molar-refractivity contribution in [3.8, 4) is 0 Å². The molecule has 0 aliphatic carbocycles. The first-order valence-electron chi connectivity index (χ1n) is 4.29. The molecule has 0 fully saturated rings. The summed E-state index contributed by atoms with van der Waals surface area (Å²) < 4.78 is 13.3. The molecule has 0 unspecified atom stereocenters. The summed E-state index contributed by atoms with van der Waals surface area (Å²) in [6.45, 7) is 2.78. The Balaban J connectivity index is 2.87. The Hall–Kier alpha value is -0.690. The van der Waals surface area contributed by atoms with Crippen LogP contribution >= 0.6 is 22.6 Å². The molecule has 1 amide bonds. The van der Waals surface area contributed by atoms with Gasteiger partial charge in [0, 0.05) is 3.57 Å². The molecule has 2 N–H and O–H groups in total. The summed E-state index contributed by atoms with van der Waals surface area (Å²) in [4.78, 5) is 11.4. The van der Waals surface area contributed by atoms with Gasteiger partial charge < -0.3 is 10.4 Å². The SMILES string of the molecule is CC(C)(O)C(=O)Nc1ccc(F)cc1I. The van der Waals surface area contributed by atoms with Crippen LogP contribution in [0.4, 0.5) is 10.1 Å². The normalized spacial score (nSPS) is 11.3. The molecule has 1 aromatic rings. The molecule has 0 bridgehead atoms. The van der Waals surface area contributed by atoms with E-state index in [2.05, 4.69) is 5.32 Å². The van der Waals surface area contributed by atoms with Gasteiger partial charge >= 0.3 is 0 Å². The van der Waals surface area contributed by atoms with E-state index in [4.69, 9.17) is 0 Å². The van der Waals surface area contributed by atoms with Gasteiger partial charge in [-0.3, -0.25) is 4.79 Å². The molecule has 15 heavy (non-hydrogen) atoms. The molecular formula is C10H11FINO2. The van der Waals surface area contributed by atoms with Gasteiger partial charge in [-0.1, -0.05) is 0 Å². The quantitative estimate of drug-likeness (QED) is 0.820. The van der Waals surface area contributed by atoms with Gasteiger partial charge in [0.15, 0.2) is 0 Å². The Morgan fingerprint density at radius 3 is 2.60 bits per heavy atom. The number of aliphatic hydroxyl groups is 1. The number of halogens is 2. The lowest BCUT2D eigenvalue weighted by molar-refractivity contribution is -0.130. The van der Waals surface area contributed by atoms with E-state index in [9.17, 15) is 14.3 Å². The van der Waals surface area contributed by atoms with Crippen LogP contribution in [0, 0.1) is 9.39 Å². The Labute approximate surface area is 101 Å². The minimum atomic E-state index is -1.45. The second kappa shape index (κ2) is 4.44. The third-order valence-corrected chi connectivity index (χ3v) is 2.63. The average Bonchev–Trinajstić information content (AvgIpc) is 2.08. The van der Waals surface area contributed by atoms with E-state index >= 15 is 0 Å². The van der Waals surface area contributed by atoms with E-state index in [0.29, 0.717) is 9.26 Å². The van der Waals surface area contributed by atoms with Gasteiger partial charge in [0.25, 0.3) is 5.91 Å². The summed E-state index contributed by atoms with van der Waals surface area (Å²) in [7, 11) is 0. The summed E-state index contributed by atoms with van der Waals surface area (Å²) in [5, 5.41) is 11.9. The van der Waals surface area contributed by atoms with Gasteiger partial charge in [0.1, 0.15) is 11.4 Å². The topological polar surface area (TPSA) is 49.3 Å². The zero-order valence-corrected chi connectivity index (χ0v) is 10.5. The molecule has 1 aromatic carbocycles. The maximum atomic E-state index is 12.8. The number of nitrogens with one attached hydrogen (secondary N) is 1. The fraction of sp³-hybridized carbons (Fsp3) is 0.300. The van der Waals surface area contributed by atoms with E-state index in [-0.39, 0.29) is 5.82 Å². The summed E-state index contributed by atoms with van der Waals surface area (Å²) in [6, 6.07) is 4.02.